The van der Waals surface area contributed by atoms with Crippen molar-refractivity contribution in [3.05, 3.63) is 0 Å². The molecule has 84 valence electrons. The zero-order valence-electron chi connectivity index (χ0n) is 8.57. The number of carboxylic acid groups (broad SMARTS) is 1. The molecule has 0 aromatic heterocycles. The highest BCUT2D eigenvalue weighted by molar-refractivity contribution is 5.73. The van der Waals surface area contributed by atoms with Gasteiger partial charge in [-0.15, -0.1) is 0 Å². The highest BCUT2D eigenvalue weighted by Gasteiger charge is 2.09. The van der Waals surface area contributed by atoms with Gasteiger partial charge < -0.3 is 21.3 Å². The highest BCUT2D eigenvalue weighted by Crippen LogP contribution is 2.02. The van der Waals surface area contributed by atoms with Crippen molar-refractivity contribution < 1.29 is 15.0 Å². The van der Waals surface area contributed by atoms with E-state index in [4.69, 9.17) is 15.9 Å². The zero-order valence-corrected chi connectivity index (χ0v) is 8.57. The van der Waals surface area contributed by atoms with Gasteiger partial charge in [0.25, 0.3) is 0 Å². The lowest BCUT2D eigenvalue weighted by Crippen LogP contribution is -2.40. The number of carbonyl (C=O) groups is 1. The Labute approximate surface area is 84.3 Å². The van der Waals surface area contributed by atoms with E-state index in [-0.39, 0.29) is 6.61 Å². The predicted molar refractivity (Wildman–Crippen MR) is 54.0 cm³/mol. The summed E-state index contributed by atoms with van der Waals surface area (Å²) < 4.78 is 0. The van der Waals surface area contributed by atoms with E-state index in [1.54, 1.807) is 0 Å². The van der Waals surface area contributed by atoms with Crippen molar-refractivity contribution in [1.82, 2.24) is 5.32 Å². The molecular weight excluding hydrogens is 184 g/mol. The van der Waals surface area contributed by atoms with Crippen molar-refractivity contribution in [1.29, 1.82) is 0 Å². The summed E-state index contributed by atoms with van der Waals surface area (Å²) in [5, 5.41) is 20.2. The standard InChI is InChI=1S/C9H20N2O3/c1-7(6-12)3-2-4-11-5-8(10)9(13)14/h7-8,11-12H,2-6,10H2,1H3,(H,13,14). The minimum atomic E-state index is -0.985. The van der Waals surface area contributed by atoms with Gasteiger partial charge in [-0.3, -0.25) is 4.79 Å². The third-order valence-electron chi connectivity index (χ3n) is 2.04. The van der Waals surface area contributed by atoms with Crippen molar-refractivity contribution >= 4 is 5.97 Å². The number of aliphatic carboxylic acids is 1. The van der Waals surface area contributed by atoms with E-state index >= 15 is 0 Å². The first-order valence-corrected chi connectivity index (χ1v) is 4.88. The maximum Gasteiger partial charge on any atom is 0.321 e. The van der Waals surface area contributed by atoms with Gasteiger partial charge in [0.1, 0.15) is 6.04 Å². The number of aliphatic hydroxyl groups excluding tert-OH is 1. The Bertz CT molecular complexity index is 164. The molecule has 0 radical (unpaired) electrons. The molecule has 5 N–H and O–H groups in total. The number of carboxylic acids is 1. The third kappa shape index (κ3) is 6.82. The lowest BCUT2D eigenvalue weighted by molar-refractivity contribution is -0.138. The zero-order chi connectivity index (χ0) is 11.0. The maximum absolute atomic E-state index is 10.3. The van der Waals surface area contributed by atoms with Gasteiger partial charge in [0.15, 0.2) is 0 Å². The molecule has 0 saturated heterocycles. The second-order valence-corrected chi connectivity index (χ2v) is 3.58. The van der Waals surface area contributed by atoms with Crippen LogP contribution in [-0.4, -0.2) is 41.9 Å². The summed E-state index contributed by atoms with van der Waals surface area (Å²) in [5.41, 5.74) is 5.28. The van der Waals surface area contributed by atoms with Crippen LogP contribution in [0.15, 0.2) is 0 Å². The normalized spacial score (nSPS) is 15.1. The van der Waals surface area contributed by atoms with Gasteiger partial charge in [0.2, 0.25) is 0 Å². The molecule has 0 spiro atoms. The molecule has 2 unspecified atom stereocenters. The van der Waals surface area contributed by atoms with Crippen molar-refractivity contribution in [2.45, 2.75) is 25.8 Å². The minimum Gasteiger partial charge on any atom is -0.480 e. The molecule has 0 amide bonds. The molecule has 0 rings (SSSR count). The lowest BCUT2D eigenvalue weighted by Gasteiger charge is -2.10. The quantitative estimate of drug-likeness (QED) is 0.396. The molecule has 2 atom stereocenters. The first-order chi connectivity index (χ1) is 6.57. The lowest BCUT2D eigenvalue weighted by atomic mass is 10.1. The second-order valence-electron chi connectivity index (χ2n) is 3.58. The van der Waals surface area contributed by atoms with Crippen LogP contribution in [0.25, 0.3) is 0 Å². The topological polar surface area (TPSA) is 95.6 Å². The van der Waals surface area contributed by atoms with Crippen molar-refractivity contribution in [2.75, 3.05) is 19.7 Å². The number of hydrogen-bond donors (Lipinski definition) is 4. The summed E-state index contributed by atoms with van der Waals surface area (Å²) in [7, 11) is 0. The van der Waals surface area contributed by atoms with E-state index in [1.165, 1.54) is 0 Å². The highest BCUT2D eigenvalue weighted by atomic mass is 16.4. The Morgan fingerprint density at radius 3 is 2.71 bits per heavy atom. The van der Waals surface area contributed by atoms with Crippen LogP contribution in [0.2, 0.25) is 0 Å². The van der Waals surface area contributed by atoms with E-state index < -0.39 is 12.0 Å². The number of rotatable bonds is 8. The van der Waals surface area contributed by atoms with Crippen molar-refractivity contribution in [2.24, 2.45) is 11.7 Å². The monoisotopic (exact) mass is 204 g/mol. The molecule has 14 heavy (non-hydrogen) atoms. The fourth-order valence-corrected chi connectivity index (χ4v) is 1.01. The number of hydrogen-bond acceptors (Lipinski definition) is 4. The Hall–Kier alpha value is -0.650. The molecular formula is C9H20N2O3. The van der Waals surface area contributed by atoms with Crippen molar-refractivity contribution in [3.8, 4) is 0 Å². The molecule has 0 aromatic carbocycles. The summed E-state index contributed by atoms with van der Waals surface area (Å²) in [6.45, 7) is 3.21. The van der Waals surface area contributed by atoms with E-state index in [1.807, 2.05) is 6.92 Å². The summed E-state index contributed by atoms with van der Waals surface area (Å²) in [4.78, 5) is 10.3. The molecule has 0 heterocycles. The van der Waals surface area contributed by atoms with Crippen LogP contribution in [0.3, 0.4) is 0 Å². The summed E-state index contributed by atoms with van der Waals surface area (Å²) in [6.07, 6.45) is 1.86. The van der Waals surface area contributed by atoms with E-state index in [0.29, 0.717) is 12.5 Å². The fraction of sp³-hybridized carbons (Fsp3) is 0.889. The Balaban J connectivity index is 3.25. The number of aliphatic hydroxyl groups is 1. The van der Waals surface area contributed by atoms with Crippen LogP contribution in [0.4, 0.5) is 0 Å². The van der Waals surface area contributed by atoms with Crippen LogP contribution in [0, 0.1) is 5.92 Å². The van der Waals surface area contributed by atoms with Crippen LogP contribution in [-0.2, 0) is 4.79 Å². The Morgan fingerprint density at radius 1 is 1.57 bits per heavy atom. The van der Waals surface area contributed by atoms with Crippen LogP contribution >= 0.6 is 0 Å². The predicted octanol–water partition coefficient (Wildman–Crippen LogP) is -0.603. The van der Waals surface area contributed by atoms with Gasteiger partial charge in [0.05, 0.1) is 0 Å². The average Bonchev–Trinajstić information content (AvgIpc) is 2.16. The summed E-state index contributed by atoms with van der Waals surface area (Å²) in [5.74, 6) is -0.675. The van der Waals surface area contributed by atoms with Gasteiger partial charge in [0, 0.05) is 13.2 Å². The molecule has 0 fully saturated rings. The van der Waals surface area contributed by atoms with Crippen LogP contribution in [0.1, 0.15) is 19.8 Å². The molecule has 5 nitrogen and oxygen atoms in total. The average molecular weight is 204 g/mol. The molecule has 5 heteroatoms. The van der Waals surface area contributed by atoms with Gasteiger partial charge >= 0.3 is 5.97 Å². The summed E-state index contributed by atoms with van der Waals surface area (Å²) in [6, 6.07) is -0.828. The largest absolute Gasteiger partial charge is 0.480 e. The third-order valence-corrected chi connectivity index (χ3v) is 2.04. The van der Waals surface area contributed by atoms with E-state index in [0.717, 1.165) is 19.4 Å². The number of nitrogens with two attached hydrogens (primary N) is 1. The fourth-order valence-electron chi connectivity index (χ4n) is 1.01. The van der Waals surface area contributed by atoms with Crippen LogP contribution < -0.4 is 11.1 Å². The van der Waals surface area contributed by atoms with E-state index in [2.05, 4.69) is 5.32 Å². The van der Waals surface area contributed by atoms with Gasteiger partial charge in [-0.05, 0) is 25.3 Å². The Kier molecular flexibility index (Phi) is 7.37. The van der Waals surface area contributed by atoms with E-state index in [9.17, 15) is 4.79 Å². The van der Waals surface area contributed by atoms with Crippen molar-refractivity contribution in [3.63, 3.8) is 0 Å². The van der Waals surface area contributed by atoms with Gasteiger partial charge in [-0.25, -0.2) is 0 Å². The Morgan fingerprint density at radius 2 is 2.21 bits per heavy atom. The first kappa shape index (κ1) is 13.4. The second kappa shape index (κ2) is 7.73. The molecule has 0 bridgehead atoms. The first-order valence-electron chi connectivity index (χ1n) is 4.88. The molecule has 0 aliphatic rings. The smallest absolute Gasteiger partial charge is 0.321 e. The molecule has 0 aliphatic heterocycles. The molecule has 0 aromatic rings. The molecule has 0 aliphatic carbocycles. The minimum absolute atomic E-state index is 0.203. The van der Waals surface area contributed by atoms with Gasteiger partial charge in [-0.2, -0.15) is 0 Å². The maximum atomic E-state index is 10.3. The van der Waals surface area contributed by atoms with Crippen LogP contribution in [0.5, 0.6) is 0 Å². The van der Waals surface area contributed by atoms with Gasteiger partial charge in [-0.1, -0.05) is 6.92 Å². The molecule has 0 saturated carbocycles. The SMILES string of the molecule is CC(CO)CCCNCC(N)C(=O)O. The summed E-state index contributed by atoms with van der Waals surface area (Å²) >= 11 is 0. The number of nitrogens with one attached hydrogen (secondary N) is 1.